The zero-order chi connectivity index (χ0) is 14.7. The second kappa shape index (κ2) is 6.14. The van der Waals surface area contributed by atoms with Crippen LogP contribution in [-0.4, -0.2) is 6.54 Å². The van der Waals surface area contributed by atoms with Crippen molar-refractivity contribution in [1.29, 1.82) is 0 Å². The maximum absolute atomic E-state index is 14.4. The Hall–Kier alpha value is -1.74. The van der Waals surface area contributed by atoms with Crippen LogP contribution < -0.4 is 5.32 Å². The van der Waals surface area contributed by atoms with E-state index in [1.807, 2.05) is 19.9 Å². The van der Waals surface area contributed by atoms with Crippen molar-refractivity contribution in [3.8, 4) is 0 Å². The molecule has 1 nitrogen and oxygen atoms in total. The molecule has 0 radical (unpaired) electrons. The number of hydrogen-bond acceptors (Lipinski definition) is 1. The summed E-state index contributed by atoms with van der Waals surface area (Å²) in [5.41, 5.74) is 2.93. The van der Waals surface area contributed by atoms with Gasteiger partial charge in [-0.2, -0.15) is 0 Å². The SMILES string of the molecule is CCNC(c1ccc(F)cc1C)c1cccc(C)c1F. The molecule has 2 rings (SSSR count). The van der Waals surface area contributed by atoms with Gasteiger partial charge in [-0.05, 0) is 49.2 Å². The normalized spacial score (nSPS) is 12.4. The van der Waals surface area contributed by atoms with Gasteiger partial charge in [0.05, 0.1) is 6.04 Å². The topological polar surface area (TPSA) is 12.0 Å². The first kappa shape index (κ1) is 14.7. The molecule has 0 aliphatic carbocycles. The molecule has 2 aromatic rings. The highest BCUT2D eigenvalue weighted by Crippen LogP contribution is 2.28. The molecule has 20 heavy (non-hydrogen) atoms. The maximum atomic E-state index is 14.4. The Morgan fingerprint density at radius 3 is 2.40 bits per heavy atom. The molecule has 3 heteroatoms. The predicted molar refractivity (Wildman–Crippen MR) is 77.8 cm³/mol. The van der Waals surface area contributed by atoms with Crippen LogP contribution in [0.1, 0.15) is 35.2 Å². The van der Waals surface area contributed by atoms with Gasteiger partial charge in [0.25, 0.3) is 0 Å². The fourth-order valence-corrected chi connectivity index (χ4v) is 2.45. The number of halogens is 2. The van der Waals surface area contributed by atoms with E-state index >= 15 is 0 Å². The molecule has 1 N–H and O–H groups in total. The van der Waals surface area contributed by atoms with Crippen molar-refractivity contribution >= 4 is 0 Å². The molecule has 1 unspecified atom stereocenters. The van der Waals surface area contributed by atoms with Gasteiger partial charge in [-0.3, -0.25) is 0 Å². The first-order valence-electron chi connectivity index (χ1n) is 6.79. The fraction of sp³-hybridized carbons (Fsp3) is 0.294. The Morgan fingerprint density at radius 1 is 1.00 bits per heavy atom. The molecular weight excluding hydrogens is 256 g/mol. The summed E-state index contributed by atoms with van der Waals surface area (Å²) in [5.74, 6) is -0.478. The van der Waals surface area contributed by atoms with Crippen LogP contribution in [0.5, 0.6) is 0 Å². The molecule has 1 atom stereocenters. The Balaban J connectivity index is 2.53. The van der Waals surface area contributed by atoms with E-state index in [-0.39, 0.29) is 17.7 Å². The molecule has 0 aromatic heterocycles. The second-order valence-corrected chi connectivity index (χ2v) is 4.97. The van der Waals surface area contributed by atoms with Crippen molar-refractivity contribution in [2.45, 2.75) is 26.8 Å². The van der Waals surface area contributed by atoms with Crippen LogP contribution >= 0.6 is 0 Å². The summed E-state index contributed by atoms with van der Waals surface area (Å²) in [6, 6.07) is 9.72. The molecule has 106 valence electrons. The second-order valence-electron chi connectivity index (χ2n) is 4.97. The number of hydrogen-bond donors (Lipinski definition) is 1. The van der Waals surface area contributed by atoms with Crippen LogP contribution in [0.4, 0.5) is 8.78 Å². The zero-order valence-electron chi connectivity index (χ0n) is 12.0. The van der Waals surface area contributed by atoms with Crippen LogP contribution in [0.2, 0.25) is 0 Å². The highest BCUT2D eigenvalue weighted by atomic mass is 19.1. The van der Waals surface area contributed by atoms with E-state index in [4.69, 9.17) is 0 Å². The Morgan fingerprint density at radius 2 is 1.75 bits per heavy atom. The predicted octanol–water partition coefficient (Wildman–Crippen LogP) is 4.28. The van der Waals surface area contributed by atoms with E-state index in [1.165, 1.54) is 12.1 Å². The number of benzene rings is 2. The Kier molecular flexibility index (Phi) is 4.50. The quantitative estimate of drug-likeness (QED) is 0.878. The third-order valence-corrected chi connectivity index (χ3v) is 3.48. The lowest BCUT2D eigenvalue weighted by Crippen LogP contribution is -2.24. The smallest absolute Gasteiger partial charge is 0.131 e. The van der Waals surface area contributed by atoms with Crippen LogP contribution in [0.3, 0.4) is 0 Å². The lowest BCUT2D eigenvalue weighted by molar-refractivity contribution is 0.551. The molecule has 0 aliphatic heterocycles. The molecule has 0 heterocycles. The van der Waals surface area contributed by atoms with E-state index < -0.39 is 0 Å². The van der Waals surface area contributed by atoms with E-state index in [0.717, 1.165) is 11.1 Å². The van der Waals surface area contributed by atoms with Gasteiger partial charge in [-0.15, -0.1) is 0 Å². The summed E-state index contributed by atoms with van der Waals surface area (Å²) in [5, 5.41) is 3.28. The molecule has 0 spiro atoms. The summed E-state index contributed by atoms with van der Waals surface area (Å²) in [7, 11) is 0. The van der Waals surface area contributed by atoms with Gasteiger partial charge in [-0.25, -0.2) is 8.78 Å². The molecule has 2 aromatic carbocycles. The number of rotatable bonds is 4. The largest absolute Gasteiger partial charge is 0.306 e. The van der Waals surface area contributed by atoms with Crippen LogP contribution in [0, 0.1) is 25.5 Å². The van der Waals surface area contributed by atoms with Crippen molar-refractivity contribution in [1.82, 2.24) is 5.32 Å². The highest BCUT2D eigenvalue weighted by molar-refractivity contribution is 5.39. The van der Waals surface area contributed by atoms with Crippen LogP contribution in [-0.2, 0) is 0 Å². The monoisotopic (exact) mass is 275 g/mol. The first-order valence-corrected chi connectivity index (χ1v) is 6.79. The highest BCUT2D eigenvalue weighted by Gasteiger charge is 2.19. The van der Waals surface area contributed by atoms with Gasteiger partial charge < -0.3 is 5.32 Å². The number of nitrogens with one attached hydrogen (secondary N) is 1. The molecule has 0 aliphatic rings. The van der Waals surface area contributed by atoms with Gasteiger partial charge in [-0.1, -0.05) is 31.2 Å². The van der Waals surface area contributed by atoms with Gasteiger partial charge in [0.15, 0.2) is 0 Å². The molecule has 0 bridgehead atoms. The first-order chi connectivity index (χ1) is 9.54. The minimum atomic E-state index is -0.272. The maximum Gasteiger partial charge on any atom is 0.131 e. The molecule has 0 saturated heterocycles. The zero-order valence-corrected chi connectivity index (χ0v) is 12.0. The third kappa shape index (κ3) is 2.88. The average Bonchev–Trinajstić information content (AvgIpc) is 2.40. The van der Waals surface area contributed by atoms with Crippen molar-refractivity contribution in [3.05, 3.63) is 70.3 Å². The minimum Gasteiger partial charge on any atom is -0.306 e. The molecule has 0 fully saturated rings. The summed E-state index contributed by atoms with van der Waals surface area (Å²) >= 11 is 0. The van der Waals surface area contributed by atoms with E-state index in [2.05, 4.69) is 5.32 Å². The summed E-state index contributed by atoms with van der Waals surface area (Å²) in [6.07, 6.45) is 0. The lowest BCUT2D eigenvalue weighted by Gasteiger charge is -2.22. The Bertz CT molecular complexity index is 608. The van der Waals surface area contributed by atoms with E-state index in [9.17, 15) is 8.78 Å². The molecule has 0 amide bonds. The van der Waals surface area contributed by atoms with Gasteiger partial charge >= 0.3 is 0 Å². The molecule has 0 saturated carbocycles. The number of aryl methyl sites for hydroxylation is 2. The Labute approximate surface area is 118 Å². The van der Waals surface area contributed by atoms with E-state index in [1.54, 1.807) is 25.1 Å². The minimum absolute atomic E-state index is 0.206. The van der Waals surface area contributed by atoms with Crippen LogP contribution in [0.15, 0.2) is 36.4 Å². The fourth-order valence-electron chi connectivity index (χ4n) is 2.45. The molecular formula is C17H19F2N. The standard InChI is InChI=1S/C17H19F2N/c1-4-20-17(14-9-8-13(18)10-12(14)3)15-7-5-6-11(2)16(15)19/h5-10,17,20H,4H2,1-3H3. The summed E-state index contributed by atoms with van der Waals surface area (Å²) < 4.78 is 27.6. The average molecular weight is 275 g/mol. The van der Waals surface area contributed by atoms with E-state index in [0.29, 0.717) is 17.7 Å². The summed E-state index contributed by atoms with van der Waals surface area (Å²) in [6.45, 7) is 6.27. The van der Waals surface area contributed by atoms with Crippen molar-refractivity contribution in [2.75, 3.05) is 6.54 Å². The van der Waals surface area contributed by atoms with Gasteiger partial charge in [0, 0.05) is 5.56 Å². The third-order valence-electron chi connectivity index (χ3n) is 3.48. The summed E-state index contributed by atoms with van der Waals surface area (Å²) in [4.78, 5) is 0. The van der Waals surface area contributed by atoms with Gasteiger partial charge in [0.2, 0.25) is 0 Å². The van der Waals surface area contributed by atoms with Crippen molar-refractivity contribution < 1.29 is 8.78 Å². The van der Waals surface area contributed by atoms with Crippen molar-refractivity contribution in [2.24, 2.45) is 0 Å². The van der Waals surface area contributed by atoms with Crippen LogP contribution in [0.25, 0.3) is 0 Å². The lowest BCUT2D eigenvalue weighted by atomic mass is 9.93. The van der Waals surface area contributed by atoms with Crippen molar-refractivity contribution in [3.63, 3.8) is 0 Å². The van der Waals surface area contributed by atoms with Gasteiger partial charge in [0.1, 0.15) is 11.6 Å².